The van der Waals surface area contributed by atoms with Crippen LogP contribution in [0.15, 0.2) is 23.1 Å². The van der Waals surface area contributed by atoms with Crippen molar-refractivity contribution in [1.82, 2.24) is 0 Å². The van der Waals surface area contributed by atoms with E-state index >= 15 is 0 Å². The molecule has 1 aliphatic rings. The van der Waals surface area contributed by atoms with E-state index in [2.05, 4.69) is 0 Å². The summed E-state index contributed by atoms with van der Waals surface area (Å²) in [6.07, 6.45) is -0.198. The average molecular weight is 198 g/mol. The Morgan fingerprint density at radius 1 is 1.54 bits per heavy atom. The minimum absolute atomic E-state index is 0.616. The lowest BCUT2D eigenvalue weighted by Crippen LogP contribution is -2.02. The van der Waals surface area contributed by atoms with Crippen LogP contribution in [0.5, 0.6) is 5.75 Å². The highest BCUT2D eigenvalue weighted by Gasteiger charge is 2.20. The number of ether oxygens (including phenoxy) is 1. The van der Waals surface area contributed by atoms with Gasteiger partial charge in [-0.25, -0.2) is 4.39 Å². The molecule has 0 aromatic heterocycles. The van der Waals surface area contributed by atoms with Gasteiger partial charge in [-0.1, -0.05) is 0 Å². The Bertz CT molecular complexity index is 314. The van der Waals surface area contributed by atoms with E-state index in [1.807, 2.05) is 12.1 Å². The first kappa shape index (κ1) is 8.88. The molecule has 1 aromatic rings. The first-order valence-electron chi connectivity index (χ1n) is 4.26. The van der Waals surface area contributed by atoms with Crippen molar-refractivity contribution >= 4 is 11.8 Å². The van der Waals surface area contributed by atoms with Crippen molar-refractivity contribution in [3.8, 4) is 5.75 Å². The van der Waals surface area contributed by atoms with Gasteiger partial charge in [-0.05, 0) is 24.6 Å². The highest BCUT2D eigenvalue weighted by molar-refractivity contribution is 7.99. The van der Waals surface area contributed by atoms with Crippen LogP contribution in [0.2, 0.25) is 0 Å². The molecule has 2 rings (SSSR count). The van der Waals surface area contributed by atoms with Gasteiger partial charge in [0.05, 0.1) is 7.11 Å². The number of benzene rings is 1. The monoisotopic (exact) mass is 198 g/mol. The molecule has 0 radical (unpaired) electrons. The summed E-state index contributed by atoms with van der Waals surface area (Å²) in [6.45, 7) is 0. The molecule has 1 aromatic carbocycles. The summed E-state index contributed by atoms with van der Waals surface area (Å²) < 4.78 is 18.5. The Labute approximate surface area is 81.3 Å². The average Bonchev–Trinajstić information content (AvgIpc) is 2.18. The molecule has 1 unspecified atom stereocenters. The third-order valence-electron chi connectivity index (χ3n) is 2.18. The molecule has 13 heavy (non-hydrogen) atoms. The van der Waals surface area contributed by atoms with E-state index in [1.165, 1.54) is 0 Å². The zero-order valence-electron chi connectivity index (χ0n) is 7.42. The fraction of sp³-hybridized carbons (Fsp3) is 0.400. The molecule has 0 bridgehead atoms. The van der Waals surface area contributed by atoms with Crippen LogP contribution in [-0.4, -0.2) is 12.9 Å². The van der Waals surface area contributed by atoms with Crippen molar-refractivity contribution in [2.45, 2.75) is 17.5 Å². The number of methoxy groups -OCH3 is 1. The van der Waals surface area contributed by atoms with Gasteiger partial charge in [-0.2, -0.15) is 0 Å². The Morgan fingerprint density at radius 3 is 3.15 bits per heavy atom. The number of halogens is 1. The zero-order chi connectivity index (χ0) is 9.26. The van der Waals surface area contributed by atoms with Crippen LogP contribution in [0.1, 0.15) is 18.2 Å². The maximum absolute atomic E-state index is 13.4. The van der Waals surface area contributed by atoms with Crippen molar-refractivity contribution < 1.29 is 9.13 Å². The van der Waals surface area contributed by atoms with Crippen molar-refractivity contribution in [3.63, 3.8) is 0 Å². The zero-order valence-corrected chi connectivity index (χ0v) is 8.23. The predicted octanol–water partition coefficient (Wildman–Crippen LogP) is 3.20. The van der Waals surface area contributed by atoms with E-state index in [4.69, 9.17) is 4.74 Å². The minimum atomic E-state index is -0.814. The van der Waals surface area contributed by atoms with Crippen molar-refractivity contribution in [2.24, 2.45) is 0 Å². The topological polar surface area (TPSA) is 9.23 Å². The summed E-state index contributed by atoms with van der Waals surface area (Å²) in [4.78, 5) is 1.06. The number of rotatable bonds is 1. The first-order chi connectivity index (χ1) is 6.31. The van der Waals surface area contributed by atoms with E-state index in [1.54, 1.807) is 24.9 Å². The summed E-state index contributed by atoms with van der Waals surface area (Å²) >= 11 is 1.72. The van der Waals surface area contributed by atoms with Gasteiger partial charge in [-0.15, -0.1) is 11.8 Å². The van der Waals surface area contributed by atoms with Crippen LogP contribution < -0.4 is 4.74 Å². The molecule has 0 fully saturated rings. The second-order valence-corrected chi connectivity index (χ2v) is 4.15. The van der Waals surface area contributed by atoms with E-state index in [-0.39, 0.29) is 0 Å². The highest BCUT2D eigenvalue weighted by atomic mass is 32.2. The van der Waals surface area contributed by atoms with Crippen molar-refractivity contribution in [1.29, 1.82) is 0 Å². The first-order valence-corrected chi connectivity index (χ1v) is 5.24. The fourth-order valence-electron chi connectivity index (χ4n) is 1.46. The van der Waals surface area contributed by atoms with Gasteiger partial charge in [0.1, 0.15) is 11.9 Å². The molecular weight excluding hydrogens is 187 g/mol. The van der Waals surface area contributed by atoms with E-state index in [0.717, 1.165) is 22.0 Å². The maximum atomic E-state index is 13.4. The summed E-state index contributed by atoms with van der Waals surface area (Å²) in [5.74, 6) is 1.62. The Morgan fingerprint density at radius 2 is 2.38 bits per heavy atom. The lowest BCUT2D eigenvalue weighted by atomic mass is 10.1. The second kappa shape index (κ2) is 3.58. The van der Waals surface area contributed by atoms with Gasteiger partial charge in [-0.3, -0.25) is 0 Å². The summed E-state index contributed by atoms with van der Waals surface area (Å²) in [5.41, 5.74) is 0.788. The largest absolute Gasteiger partial charge is 0.497 e. The molecule has 1 aliphatic heterocycles. The van der Waals surface area contributed by atoms with Gasteiger partial charge in [0.25, 0.3) is 0 Å². The molecule has 0 saturated carbocycles. The van der Waals surface area contributed by atoms with E-state index < -0.39 is 6.17 Å². The number of thioether (sulfide) groups is 1. The molecule has 0 saturated heterocycles. The third kappa shape index (κ3) is 1.66. The molecule has 0 amide bonds. The predicted molar refractivity (Wildman–Crippen MR) is 52.2 cm³/mol. The van der Waals surface area contributed by atoms with Crippen molar-refractivity contribution in [3.05, 3.63) is 23.8 Å². The van der Waals surface area contributed by atoms with Crippen LogP contribution >= 0.6 is 11.8 Å². The molecule has 1 heterocycles. The van der Waals surface area contributed by atoms with Crippen LogP contribution in [0.4, 0.5) is 4.39 Å². The van der Waals surface area contributed by atoms with Gasteiger partial charge in [0.15, 0.2) is 0 Å². The second-order valence-electron chi connectivity index (χ2n) is 3.01. The van der Waals surface area contributed by atoms with E-state index in [9.17, 15) is 4.39 Å². The van der Waals surface area contributed by atoms with Crippen LogP contribution in [0.25, 0.3) is 0 Å². The van der Waals surface area contributed by atoms with Gasteiger partial charge >= 0.3 is 0 Å². The van der Waals surface area contributed by atoms with Crippen LogP contribution in [-0.2, 0) is 0 Å². The van der Waals surface area contributed by atoms with Gasteiger partial charge in [0.2, 0.25) is 0 Å². The van der Waals surface area contributed by atoms with Gasteiger partial charge in [0, 0.05) is 16.2 Å². The summed E-state index contributed by atoms with van der Waals surface area (Å²) in [5, 5.41) is 0. The normalized spacial score (nSPS) is 20.9. The molecule has 1 atom stereocenters. The number of alkyl halides is 1. The van der Waals surface area contributed by atoms with Crippen LogP contribution in [0, 0.1) is 0 Å². The smallest absolute Gasteiger partial charge is 0.127 e. The minimum Gasteiger partial charge on any atom is -0.497 e. The van der Waals surface area contributed by atoms with Gasteiger partial charge < -0.3 is 4.74 Å². The third-order valence-corrected chi connectivity index (χ3v) is 3.31. The molecule has 70 valence electrons. The maximum Gasteiger partial charge on any atom is 0.127 e. The standard InChI is InChI=1S/C10H11FOS/c1-12-7-2-3-10-8(6-7)9(11)4-5-13-10/h2-3,6,9H,4-5H2,1H3. The lowest BCUT2D eigenvalue weighted by molar-refractivity contribution is 0.326. The molecule has 0 N–H and O–H groups in total. The van der Waals surface area contributed by atoms with Crippen molar-refractivity contribution in [2.75, 3.05) is 12.9 Å². The fourth-order valence-corrected chi connectivity index (χ4v) is 2.52. The molecule has 3 heteroatoms. The molecule has 0 spiro atoms. The number of fused-ring (bicyclic) bond motifs is 1. The lowest BCUT2D eigenvalue weighted by Gasteiger charge is -2.19. The van der Waals surface area contributed by atoms with Crippen LogP contribution in [0.3, 0.4) is 0 Å². The summed E-state index contributed by atoms with van der Waals surface area (Å²) in [6, 6.07) is 5.61. The Balaban J connectivity index is 2.41. The molecule has 1 nitrogen and oxygen atoms in total. The highest BCUT2D eigenvalue weighted by Crippen LogP contribution is 2.39. The molecule has 0 aliphatic carbocycles. The summed E-state index contributed by atoms with van der Waals surface area (Å²) in [7, 11) is 1.60. The quantitative estimate of drug-likeness (QED) is 0.685. The SMILES string of the molecule is COc1ccc2c(c1)C(F)CCS2. The number of hydrogen-bond donors (Lipinski definition) is 0. The Hall–Kier alpha value is -0.700. The number of hydrogen-bond acceptors (Lipinski definition) is 2. The Kier molecular flexibility index (Phi) is 2.44. The molecular formula is C10H11FOS. The van der Waals surface area contributed by atoms with E-state index in [0.29, 0.717) is 6.42 Å².